The van der Waals surface area contributed by atoms with Gasteiger partial charge >= 0.3 is 0 Å². The number of halogens is 4. The van der Waals surface area contributed by atoms with Gasteiger partial charge in [-0.3, -0.25) is 0 Å². The van der Waals surface area contributed by atoms with Crippen LogP contribution < -0.4 is 9.47 Å². The molecule has 36 heavy (non-hydrogen) atoms. The van der Waals surface area contributed by atoms with E-state index in [4.69, 9.17) is 32.7 Å². The van der Waals surface area contributed by atoms with Crippen molar-refractivity contribution < 1.29 is 9.47 Å². The molecule has 0 aliphatic heterocycles. The Kier molecular flexibility index (Phi) is 7.22. The predicted octanol–water partition coefficient (Wildman–Crippen LogP) is 9.62. The van der Waals surface area contributed by atoms with Gasteiger partial charge in [-0.15, -0.1) is 0 Å². The van der Waals surface area contributed by atoms with Gasteiger partial charge in [0.2, 0.25) is 0 Å². The molecule has 0 atom stereocenters. The minimum absolute atomic E-state index is 0.652. The minimum Gasteiger partial charge on any atom is -0.497 e. The molecule has 0 aliphatic carbocycles. The third-order valence-electron chi connectivity index (χ3n) is 5.75. The van der Waals surface area contributed by atoms with Crippen LogP contribution >= 0.6 is 55.1 Å². The molecule has 0 spiro atoms. The summed E-state index contributed by atoms with van der Waals surface area (Å²) in [6, 6.07) is 23.1. The summed E-state index contributed by atoms with van der Waals surface area (Å²) in [6.07, 6.45) is 0. The quantitative estimate of drug-likeness (QED) is 0.176. The fourth-order valence-corrected chi connectivity index (χ4v) is 5.43. The Balaban J connectivity index is 0.000000148. The molecule has 0 saturated carbocycles. The predicted molar refractivity (Wildman–Crippen MR) is 157 cm³/mol. The van der Waals surface area contributed by atoms with Crippen LogP contribution in [0.15, 0.2) is 81.7 Å². The molecule has 0 saturated heterocycles. The Morgan fingerprint density at radius 2 is 1.17 bits per heavy atom. The molecule has 2 aromatic heterocycles. The van der Waals surface area contributed by atoms with E-state index in [2.05, 4.69) is 47.9 Å². The summed E-state index contributed by atoms with van der Waals surface area (Å²) in [6.45, 7) is 0. The second-order valence-electron chi connectivity index (χ2n) is 7.94. The Bertz CT molecular complexity index is 1650. The molecule has 0 fully saturated rings. The van der Waals surface area contributed by atoms with Gasteiger partial charge in [-0.25, -0.2) is 9.97 Å². The van der Waals surface area contributed by atoms with Crippen molar-refractivity contribution in [1.82, 2.24) is 9.97 Å². The summed E-state index contributed by atoms with van der Waals surface area (Å²) in [4.78, 5) is 9.21. The standard InChI is InChI=1S/C14H9Br2NO.C14H9Cl2NO/c2*1-18-9-3-5-12-11(7-9)14(16)10-4-2-8(15)6-13(10)17-12/h2*2-7H,1H3. The van der Waals surface area contributed by atoms with Crippen LogP contribution in [0.4, 0.5) is 0 Å². The number of nitrogens with zero attached hydrogens (tertiary/aromatic N) is 2. The third-order valence-corrected chi connectivity index (χ3v) is 7.74. The van der Waals surface area contributed by atoms with E-state index in [0.717, 1.165) is 64.1 Å². The lowest BCUT2D eigenvalue weighted by atomic mass is 10.1. The van der Waals surface area contributed by atoms with Gasteiger partial charge < -0.3 is 9.47 Å². The molecule has 8 heteroatoms. The Morgan fingerprint density at radius 3 is 1.83 bits per heavy atom. The lowest BCUT2D eigenvalue weighted by molar-refractivity contribution is 0.415. The highest BCUT2D eigenvalue weighted by Gasteiger charge is 2.09. The average molecular weight is 645 g/mol. The van der Waals surface area contributed by atoms with Crippen molar-refractivity contribution in [3.63, 3.8) is 0 Å². The second-order valence-corrected chi connectivity index (χ2v) is 10.5. The largest absolute Gasteiger partial charge is 0.497 e. The summed E-state index contributed by atoms with van der Waals surface area (Å²) in [5.41, 5.74) is 3.54. The molecule has 0 N–H and O–H groups in total. The SMILES string of the molecule is COc1ccc2nc3cc(Br)ccc3c(Br)c2c1.COc1ccc2nc3cc(Cl)ccc3c(Cl)c2c1. The van der Waals surface area contributed by atoms with Crippen molar-refractivity contribution in [3.05, 3.63) is 91.8 Å². The zero-order valence-corrected chi connectivity index (χ0v) is 23.8. The van der Waals surface area contributed by atoms with Crippen LogP contribution in [-0.4, -0.2) is 24.2 Å². The number of rotatable bonds is 2. The first-order valence-electron chi connectivity index (χ1n) is 10.8. The number of methoxy groups -OCH3 is 2. The number of benzene rings is 4. The van der Waals surface area contributed by atoms with Crippen molar-refractivity contribution in [1.29, 1.82) is 0 Å². The number of ether oxygens (including phenoxy) is 2. The highest BCUT2D eigenvalue weighted by Crippen LogP contribution is 2.35. The van der Waals surface area contributed by atoms with Gasteiger partial charge in [0.1, 0.15) is 11.5 Å². The molecule has 6 aromatic rings. The smallest absolute Gasteiger partial charge is 0.119 e. The summed E-state index contributed by atoms with van der Waals surface area (Å²) in [5, 5.41) is 5.25. The highest BCUT2D eigenvalue weighted by atomic mass is 79.9. The van der Waals surface area contributed by atoms with Crippen LogP contribution in [0.5, 0.6) is 11.5 Å². The number of aromatic nitrogens is 2. The summed E-state index contributed by atoms with van der Waals surface area (Å²) in [5.74, 6) is 1.60. The third kappa shape index (κ3) is 4.83. The van der Waals surface area contributed by atoms with Crippen LogP contribution in [0.2, 0.25) is 10.0 Å². The Labute approximate surface area is 234 Å². The number of fused-ring (bicyclic) bond motifs is 4. The molecule has 0 unspecified atom stereocenters. The molecule has 0 amide bonds. The van der Waals surface area contributed by atoms with Crippen molar-refractivity contribution in [2.75, 3.05) is 14.2 Å². The number of hydrogen-bond acceptors (Lipinski definition) is 4. The molecule has 4 aromatic carbocycles. The molecule has 4 nitrogen and oxygen atoms in total. The van der Waals surface area contributed by atoms with Gasteiger partial charge in [0.15, 0.2) is 0 Å². The van der Waals surface area contributed by atoms with Crippen LogP contribution in [0.25, 0.3) is 43.6 Å². The summed E-state index contributed by atoms with van der Waals surface area (Å²) >= 11 is 19.5. The van der Waals surface area contributed by atoms with E-state index in [1.165, 1.54) is 0 Å². The zero-order valence-electron chi connectivity index (χ0n) is 19.2. The van der Waals surface area contributed by atoms with E-state index in [1.54, 1.807) is 14.2 Å². The fourth-order valence-electron chi connectivity index (χ4n) is 3.95. The maximum atomic E-state index is 6.42. The first-order valence-corrected chi connectivity index (χ1v) is 13.2. The molecule has 2 heterocycles. The van der Waals surface area contributed by atoms with Gasteiger partial charge in [0.25, 0.3) is 0 Å². The van der Waals surface area contributed by atoms with Gasteiger partial charge in [-0.1, -0.05) is 45.2 Å². The summed E-state index contributed by atoms with van der Waals surface area (Å²) < 4.78 is 12.5. The summed E-state index contributed by atoms with van der Waals surface area (Å²) in [7, 11) is 3.30. The monoisotopic (exact) mass is 642 g/mol. The maximum Gasteiger partial charge on any atom is 0.119 e. The fraction of sp³-hybridized carbons (Fsp3) is 0.0714. The van der Waals surface area contributed by atoms with Gasteiger partial charge in [-0.2, -0.15) is 0 Å². The molecule has 0 bridgehead atoms. The Morgan fingerprint density at radius 1 is 0.583 bits per heavy atom. The second kappa shape index (κ2) is 10.4. The number of pyridine rings is 2. The van der Waals surface area contributed by atoms with E-state index in [-0.39, 0.29) is 0 Å². The lowest BCUT2D eigenvalue weighted by Gasteiger charge is -2.07. The molecule has 0 radical (unpaired) electrons. The lowest BCUT2D eigenvalue weighted by Crippen LogP contribution is -1.87. The number of hydrogen-bond donors (Lipinski definition) is 0. The topological polar surface area (TPSA) is 44.2 Å². The first kappa shape index (κ1) is 25.0. The highest BCUT2D eigenvalue weighted by molar-refractivity contribution is 9.11. The van der Waals surface area contributed by atoms with Crippen LogP contribution in [-0.2, 0) is 0 Å². The Hall–Kier alpha value is -2.64. The van der Waals surface area contributed by atoms with Gasteiger partial charge in [0.05, 0.1) is 41.3 Å². The molecular weight excluding hydrogens is 627 g/mol. The van der Waals surface area contributed by atoms with Crippen LogP contribution in [0.3, 0.4) is 0 Å². The average Bonchev–Trinajstić information content (AvgIpc) is 2.88. The van der Waals surface area contributed by atoms with Crippen molar-refractivity contribution >= 4 is 98.7 Å². The normalized spacial score (nSPS) is 11.1. The van der Waals surface area contributed by atoms with Crippen LogP contribution in [0, 0.1) is 0 Å². The van der Waals surface area contributed by atoms with E-state index in [1.807, 2.05) is 66.7 Å². The van der Waals surface area contributed by atoms with E-state index < -0.39 is 0 Å². The maximum absolute atomic E-state index is 6.42. The zero-order chi connectivity index (χ0) is 25.4. The van der Waals surface area contributed by atoms with E-state index in [9.17, 15) is 0 Å². The van der Waals surface area contributed by atoms with Crippen molar-refractivity contribution in [2.24, 2.45) is 0 Å². The van der Waals surface area contributed by atoms with Crippen LogP contribution in [0.1, 0.15) is 0 Å². The van der Waals surface area contributed by atoms with Gasteiger partial charge in [0, 0.05) is 35.5 Å². The van der Waals surface area contributed by atoms with Crippen molar-refractivity contribution in [2.45, 2.75) is 0 Å². The van der Waals surface area contributed by atoms with E-state index >= 15 is 0 Å². The molecule has 0 aliphatic rings. The van der Waals surface area contributed by atoms with Crippen molar-refractivity contribution in [3.8, 4) is 11.5 Å². The van der Waals surface area contributed by atoms with E-state index in [0.29, 0.717) is 10.0 Å². The molecule has 180 valence electrons. The molecular formula is C28H18Br2Cl2N2O2. The molecule has 6 rings (SSSR count). The first-order chi connectivity index (χ1) is 17.4. The van der Waals surface area contributed by atoms with Gasteiger partial charge in [-0.05, 0) is 82.7 Å². The minimum atomic E-state index is 0.652.